The van der Waals surface area contributed by atoms with Gasteiger partial charge in [-0.3, -0.25) is 4.79 Å². The number of carbonyl (C=O) groups excluding carboxylic acids is 1. The lowest BCUT2D eigenvalue weighted by molar-refractivity contribution is -0.133. The van der Waals surface area contributed by atoms with Gasteiger partial charge in [0.1, 0.15) is 0 Å². The summed E-state index contributed by atoms with van der Waals surface area (Å²) >= 11 is 0. The lowest BCUT2D eigenvalue weighted by atomic mass is 9.74. The Balaban J connectivity index is 1.96. The van der Waals surface area contributed by atoms with Gasteiger partial charge in [-0.1, -0.05) is 20.3 Å². The summed E-state index contributed by atoms with van der Waals surface area (Å²) < 4.78 is 0. The van der Waals surface area contributed by atoms with Crippen molar-refractivity contribution in [2.75, 3.05) is 13.1 Å². The standard InChI is InChI=1S/C13H24N2O/c1-3-4-13(5-7-14-8-6-13)12(16)15-11-9-10(11)2/h10-11,14H,3-9H2,1-2H3,(H,15,16). The summed E-state index contributed by atoms with van der Waals surface area (Å²) in [5.74, 6) is 1.02. The molecule has 1 amide bonds. The predicted octanol–water partition coefficient (Wildman–Crippen LogP) is 1.68. The molecule has 16 heavy (non-hydrogen) atoms. The number of amides is 1. The summed E-state index contributed by atoms with van der Waals surface area (Å²) in [5, 5.41) is 6.58. The fraction of sp³-hybridized carbons (Fsp3) is 0.923. The first kappa shape index (κ1) is 11.9. The summed E-state index contributed by atoms with van der Waals surface area (Å²) in [5.41, 5.74) is -0.0672. The minimum Gasteiger partial charge on any atom is -0.353 e. The average Bonchev–Trinajstić information content (AvgIpc) is 2.96. The molecule has 0 bridgehead atoms. The molecule has 92 valence electrons. The van der Waals surface area contributed by atoms with Gasteiger partial charge >= 0.3 is 0 Å². The van der Waals surface area contributed by atoms with E-state index in [1.165, 1.54) is 6.42 Å². The summed E-state index contributed by atoms with van der Waals surface area (Å²) in [6.45, 7) is 6.37. The highest BCUT2D eigenvalue weighted by atomic mass is 16.2. The summed E-state index contributed by atoms with van der Waals surface area (Å²) in [4.78, 5) is 12.4. The first-order valence-electron chi connectivity index (χ1n) is 6.69. The van der Waals surface area contributed by atoms with E-state index in [0.717, 1.165) is 38.8 Å². The zero-order valence-electron chi connectivity index (χ0n) is 10.5. The van der Waals surface area contributed by atoms with Crippen LogP contribution in [-0.4, -0.2) is 25.0 Å². The number of rotatable bonds is 4. The van der Waals surface area contributed by atoms with Crippen LogP contribution in [0.2, 0.25) is 0 Å². The zero-order valence-corrected chi connectivity index (χ0v) is 10.5. The van der Waals surface area contributed by atoms with Crippen LogP contribution in [0.15, 0.2) is 0 Å². The van der Waals surface area contributed by atoms with Gasteiger partial charge < -0.3 is 10.6 Å². The molecule has 3 nitrogen and oxygen atoms in total. The van der Waals surface area contributed by atoms with Crippen molar-refractivity contribution in [3.8, 4) is 0 Å². The molecule has 2 fully saturated rings. The Bertz CT molecular complexity index is 253. The van der Waals surface area contributed by atoms with Crippen molar-refractivity contribution in [2.24, 2.45) is 11.3 Å². The van der Waals surface area contributed by atoms with Crippen molar-refractivity contribution < 1.29 is 4.79 Å². The molecule has 0 aromatic rings. The predicted molar refractivity (Wildman–Crippen MR) is 65.2 cm³/mol. The van der Waals surface area contributed by atoms with Crippen LogP contribution in [0, 0.1) is 11.3 Å². The Hall–Kier alpha value is -0.570. The molecule has 2 unspecified atom stereocenters. The normalized spacial score (nSPS) is 32.1. The van der Waals surface area contributed by atoms with Crippen LogP contribution >= 0.6 is 0 Å². The highest BCUT2D eigenvalue weighted by molar-refractivity contribution is 5.83. The third-order valence-electron chi connectivity index (χ3n) is 4.20. The van der Waals surface area contributed by atoms with Crippen LogP contribution in [0.5, 0.6) is 0 Å². The smallest absolute Gasteiger partial charge is 0.226 e. The Morgan fingerprint density at radius 2 is 2.06 bits per heavy atom. The largest absolute Gasteiger partial charge is 0.353 e. The maximum atomic E-state index is 12.4. The van der Waals surface area contributed by atoms with Gasteiger partial charge in [0.05, 0.1) is 5.41 Å². The number of hydrogen-bond acceptors (Lipinski definition) is 2. The molecule has 2 rings (SSSR count). The molecule has 2 aliphatic rings. The van der Waals surface area contributed by atoms with Gasteiger partial charge in [-0.15, -0.1) is 0 Å². The van der Waals surface area contributed by atoms with Crippen LogP contribution < -0.4 is 10.6 Å². The lowest BCUT2D eigenvalue weighted by Gasteiger charge is -2.36. The molecule has 0 aromatic heterocycles. The molecular formula is C13H24N2O. The Morgan fingerprint density at radius 1 is 1.44 bits per heavy atom. The molecule has 2 atom stereocenters. The summed E-state index contributed by atoms with van der Waals surface area (Å²) in [6.07, 6.45) is 5.34. The first-order valence-corrected chi connectivity index (χ1v) is 6.69. The molecule has 0 radical (unpaired) electrons. The Labute approximate surface area is 98.4 Å². The van der Waals surface area contributed by atoms with Gasteiger partial charge in [0.25, 0.3) is 0 Å². The maximum absolute atomic E-state index is 12.4. The van der Waals surface area contributed by atoms with E-state index >= 15 is 0 Å². The van der Waals surface area contributed by atoms with Crippen molar-refractivity contribution in [3.63, 3.8) is 0 Å². The van der Waals surface area contributed by atoms with Gasteiger partial charge in [0, 0.05) is 6.04 Å². The molecule has 0 aromatic carbocycles. The van der Waals surface area contributed by atoms with Crippen LogP contribution in [0.1, 0.15) is 46.0 Å². The lowest BCUT2D eigenvalue weighted by Crippen LogP contribution is -2.48. The average molecular weight is 224 g/mol. The second-order valence-electron chi connectivity index (χ2n) is 5.57. The molecule has 1 heterocycles. The minimum atomic E-state index is -0.0672. The highest BCUT2D eigenvalue weighted by Crippen LogP contribution is 2.36. The molecule has 0 spiro atoms. The van der Waals surface area contributed by atoms with Crippen molar-refractivity contribution in [1.82, 2.24) is 10.6 Å². The SMILES string of the molecule is CCCC1(C(=O)NC2CC2C)CCNCC1. The van der Waals surface area contributed by atoms with Gasteiger partial charge in [0.2, 0.25) is 5.91 Å². The molecular weight excluding hydrogens is 200 g/mol. The molecule has 3 heteroatoms. The number of piperidine rings is 1. The highest BCUT2D eigenvalue weighted by Gasteiger charge is 2.42. The van der Waals surface area contributed by atoms with Crippen LogP contribution in [0.25, 0.3) is 0 Å². The van der Waals surface area contributed by atoms with Gasteiger partial charge in [0.15, 0.2) is 0 Å². The maximum Gasteiger partial charge on any atom is 0.226 e. The third-order valence-corrected chi connectivity index (χ3v) is 4.20. The van der Waals surface area contributed by atoms with Crippen LogP contribution in [0.4, 0.5) is 0 Å². The molecule has 1 saturated carbocycles. The van der Waals surface area contributed by atoms with Gasteiger partial charge in [-0.05, 0) is 44.7 Å². The molecule has 1 aliphatic heterocycles. The minimum absolute atomic E-state index is 0.0672. The summed E-state index contributed by atoms with van der Waals surface area (Å²) in [6, 6.07) is 0.469. The fourth-order valence-electron chi connectivity index (χ4n) is 2.82. The van der Waals surface area contributed by atoms with E-state index in [-0.39, 0.29) is 5.41 Å². The zero-order chi connectivity index (χ0) is 11.6. The number of nitrogens with one attached hydrogen (secondary N) is 2. The van der Waals surface area contributed by atoms with Crippen molar-refractivity contribution in [2.45, 2.75) is 52.0 Å². The molecule has 1 aliphatic carbocycles. The van der Waals surface area contributed by atoms with E-state index in [1.807, 2.05) is 0 Å². The van der Waals surface area contributed by atoms with E-state index in [0.29, 0.717) is 17.9 Å². The second kappa shape index (κ2) is 4.74. The van der Waals surface area contributed by atoms with Crippen molar-refractivity contribution in [3.05, 3.63) is 0 Å². The summed E-state index contributed by atoms with van der Waals surface area (Å²) in [7, 11) is 0. The van der Waals surface area contributed by atoms with Gasteiger partial charge in [-0.2, -0.15) is 0 Å². The topological polar surface area (TPSA) is 41.1 Å². The number of hydrogen-bond donors (Lipinski definition) is 2. The van der Waals surface area contributed by atoms with E-state index in [9.17, 15) is 4.79 Å². The number of carbonyl (C=O) groups is 1. The second-order valence-corrected chi connectivity index (χ2v) is 5.57. The van der Waals surface area contributed by atoms with Crippen LogP contribution in [0.3, 0.4) is 0 Å². The monoisotopic (exact) mass is 224 g/mol. The first-order chi connectivity index (χ1) is 7.68. The Morgan fingerprint density at radius 3 is 2.56 bits per heavy atom. The molecule has 2 N–H and O–H groups in total. The van der Waals surface area contributed by atoms with E-state index in [4.69, 9.17) is 0 Å². The molecule has 1 saturated heterocycles. The van der Waals surface area contributed by atoms with Crippen molar-refractivity contribution >= 4 is 5.91 Å². The third kappa shape index (κ3) is 2.40. The van der Waals surface area contributed by atoms with E-state index < -0.39 is 0 Å². The Kier molecular flexibility index (Phi) is 3.53. The van der Waals surface area contributed by atoms with Crippen molar-refractivity contribution in [1.29, 1.82) is 0 Å². The van der Waals surface area contributed by atoms with Gasteiger partial charge in [-0.25, -0.2) is 0 Å². The quantitative estimate of drug-likeness (QED) is 0.763. The van der Waals surface area contributed by atoms with E-state index in [2.05, 4.69) is 24.5 Å². The van der Waals surface area contributed by atoms with E-state index in [1.54, 1.807) is 0 Å². The fourth-order valence-corrected chi connectivity index (χ4v) is 2.82. The van der Waals surface area contributed by atoms with Crippen LogP contribution in [-0.2, 0) is 4.79 Å².